The molecule has 0 radical (unpaired) electrons. The van der Waals surface area contributed by atoms with Crippen LogP contribution in [0.4, 0.5) is 0 Å². The van der Waals surface area contributed by atoms with Gasteiger partial charge in [0.05, 0.1) is 0 Å². The number of benzene rings is 3. The summed E-state index contributed by atoms with van der Waals surface area (Å²) in [4.78, 5) is 11.1. The van der Waals surface area contributed by atoms with Crippen LogP contribution in [0.2, 0.25) is 0 Å². The number of fused-ring (bicyclic) bond motifs is 1. The van der Waals surface area contributed by atoms with Crippen molar-refractivity contribution in [3.63, 3.8) is 0 Å². The quantitative estimate of drug-likeness (QED) is 0.619. The monoisotopic (exact) mass is 324 g/mol. The largest absolute Gasteiger partial charge is 0.298 e. The number of hydrogen-bond donors (Lipinski definition) is 0. The molecule has 3 aromatic rings. The molecule has 2 heteroatoms. The average molecular weight is 325 g/mol. The highest BCUT2D eigenvalue weighted by atomic mass is 79.9. The molecule has 0 aliphatic heterocycles. The summed E-state index contributed by atoms with van der Waals surface area (Å²) in [5, 5.41) is 2.43. The van der Waals surface area contributed by atoms with Gasteiger partial charge in [0.15, 0.2) is 0 Å². The molecule has 0 bridgehead atoms. The first-order valence-electron chi connectivity index (χ1n) is 6.49. The number of halogens is 1. The van der Waals surface area contributed by atoms with Crippen LogP contribution in [0.15, 0.2) is 65.1 Å². The molecule has 0 N–H and O–H groups in total. The van der Waals surface area contributed by atoms with Crippen molar-refractivity contribution in [2.24, 2.45) is 0 Å². The topological polar surface area (TPSA) is 17.1 Å². The van der Waals surface area contributed by atoms with E-state index >= 15 is 0 Å². The third kappa shape index (κ3) is 2.39. The van der Waals surface area contributed by atoms with Crippen molar-refractivity contribution in [3.05, 3.63) is 81.8 Å². The second kappa shape index (κ2) is 5.59. The third-order valence-corrected chi connectivity index (χ3v) is 4.22. The molecular weight excluding hydrogens is 312 g/mol. The first-order valence-corrected chi connectivity index (χ1v) is 7.28. The van der Waals surface area contributed by atoms with Crippen molar-refractivity contribution in [2.75, 3.05) is 0 Å². The van der Waals surface area contributed by atoms with Gasteiger partial charge in [0.2, 0.25) is 0 Å². The maximum absolute atomic E-state index is 11.1. The normalized spacial score (nSPS) is 10.7. The van der Waals surface area contributed by atoms with Crippen LogP contribution in [0.25, 0.3) is 10.8 Å². The molecule has 0 spiro atoms. The van der Waals surface area contributed by atoms with Gasteiger partial charge in [-0.3, -0.25) is 4.79 Å². The first-order chi connectivity index (χ1) is 9.79. The van der Waals surface area contributed by atoms with E-state index in [0.29, 0.717) is 0 Å². The Bertz CT molecular complexity index is 777. The summed E-state index contributed by atoms with van der Waals surface area (Å²) < 4.78 is 1.10. The van der Waals surface area contributed by atoms with Crippen molar-refractivity contribution in [1.29, 1.82) is 0 Å². The fourth-order valence-electron chi connectivity index (χ4n) is 2.49. The van der Waals surface area contributed by atoms with Crippen LogP contribution in [0.5, 0.6) is 0 Å². The Kier molecular flexibility index (Phi) is 3.66. The number of carbonyl (C=O) groups excluding carboxylic acids is 1. The zero-order valence-corrected chi connectivity index (χ0v) is 12.4. The molecule has 1 nitrogen and oxygen atoms in total. The van der Waals surface area contributed by atoms with Crippen molar-refractivity contribution in [2.45, 2.75) is 6.42 Å². The van der Waals surface area contributed by atoms with Gasteiger partial charge < -0.3 is 0 Å². The van der Waals surface area contributed by atoms with Crippen molar-refractivity contribution >= 4 is 33.0 Å². The van der Waals surface area contributed by atoms with E-state index in [1.165, 1.54) is 16.3 Å². The molecule has 0 saturated heterocycles. The summed E-state index contributed by atoms with van der Waals surface area (Å²) in [6.07, 6.45) is 1.69. The van der Waals surface area contributed by atoms with Gasteiger partial charge in [-0.25, -0.2) is 0 Å². The van der Waals surface area contributed by atoms with Crippen LogP contribution >= 0.6 is 15.9 Å². The Morgan fingerprint density at radius 1 is 0.800 bits per heavy atom. The maximum Gasteiger partial charge on any atom is 0.150 e. The van der Waals surface area contributed by atoms with Crippen LogP contribution in [0.1, 0.15) is 21.5 Å². The van der Waals surface area contributed by atoms with Crippen molar-refractivity contribution < 1.29 is 4.79 Å². The van der Waals surface area contributed by atoms with E-state index in [-0.39, 0.29) is 0 Å². The molecule has 0 aromatic heterocycles. The molecule has 0 aliphatic rings. The summed E-state index contributed by atoms with van der Waals surface area (Å²) >= 11 is 3.59. The van der Waals surface area contributed by atoms with Crippen LogP contribution < -0.4 is 0 Å². The number of carbonyl (C=O) groups is 1. The van der Waals surface area contributed by atoms with Gasteiger partial charge in [-0.05, 0) is 34.4 Å². The minimum Gasteiger partial charge on any atom is -0.298 e. The Morgan fingerprint density at radius 3 is 2.30 bits per heavy atom. The minimum atomic E-state index is 0.763. The van der Waals surface area contributed by atoms with Crippen LogP contribution in [-0.4, -0.2) is 6.29 Å². The lowest BCUT2D eigenvalue weighted by Gasteiger charge is -2.09. The lowest BCUT2D eigenvalue weighted by Crippen LogP contribution is -1.95. The number of hydrogen-bond acceptors (Lipinski definition) is 1. The smallest absolute Gasteiger partial charge is 0.150 e. The third-order valence-electron chi connectivity index (χ3n) is 3.52. The van der Waals surface area contributed by atoms with Crippen LogP contribution in [0, 0.1) is 0 Å². The second-order valence-electron chi connectivity index (χ2n) is 4.75. The summed E-state index contributed by atoms with van der Waals surface area (Å²) in [5.41, 5.74) is 3.06. The Morgan fingerprint density at radius 2 is 1.50 bits per heavy atom. The summed E-state index contributed by atoms with van der Waals surface area (Å²) in [7, 11) is 0. The Balaban J connectivity index is 2.12. The van der Waals surface area contributed by atoms with E-state index in [1.807, 2.05) is 36.4 Å². The Hall–Kier alpha value is -1.93. The van der Waals surface area contributed by atoms with Crippen LogP contribution in [-0.2, 0) is 6.42 Å². The highest BCUT2D eigenvalue weighted by Gasteiger charge is 2.07. The van der Waals surface area contributed by atoms with Gasteiger partial charge in [-0.1, -0.05) is 70.5 Å². The van der Waals surface area contributed by atoms with Gasteiger partial charge in [0.25, 0.3) is 0 Å². The Labute approximate surface area is 126 Å². The fourth-order valence-corrected chi connectivity index (χ4v) is 2.97. The van der Waals surface area contributed by atoms with E-state index in [0.717, 1.165) is 28.3 Å². The molecule has 0 saturated carbocycles. The van der Waals surface area contributed by atoms with Crippen LogP contribution in [0.3, 0.4) is 0 Å². The number of aldehydes is 1. The molecule has 0 amide bonds. The molecule has 0 atom stereocenters. The van der Waals surface area contributed by atoms with E-state index in [9.17, 15) is 4.79 Å². The highest BCUT2D eigenvalue weighted by Crippen LogP contribution is 2.28. The van der Waals surface area contributed by atoms with Gasteiger partial charge in [0, 0.05) is 10.0 Å². The maximum atomic E-state index is 11.1. The minimum absolute atomic E-state index is 0.763. The van der Waals surface area contributed by atoms with Crippen molar-refractivity contribution in [1.82, 2.24) is 0 Å². The predicted octanol–water partition coefficient (Wildman–Crippen LogP) is 5.01. The summed E-state index contributed by atoms with van der Waals surface area (Å²) in [5.74, 6) is 0. The lowest BCUT2D eigenvalue weighted by atomic mass is 9.96. The fraction of sp³-hybridized carbons (Fsp3) is 0.0556. The highest BCUT2D eigenvalue weighted by molar-refractivity contribution is 9.10. The van der Waals surface area contributed by atoms with Crippen molar-refractivity contribution in [3.8, 4) is 0 Å². The molecule has 0 aliphatic carbocycles. The first kappa shape index (κ1) is 13.1. The molecule has 3 rings (SSSR count). The zero-order chi connectivity index (χ0) is 13.9. The predicted molar refractivity (Wildman–Crippen MR) is 86.3 cm³/mol. The second-order valence-corrected chi connectivity index (χ2v) is 5.60. The molecule has 98 valence electrons. The van der Waals surface area contributed by atoms with E-state index < -0.39 is 0 Å². The van der Waals surface area contributed by atoms with Gasteiger partial charge in [0.1, 0.15) is 6.29 Å². The van der Waals surface area contributed by atoms with Gasteiger partial charge >= 0.3 is 0 Å². The lowest BCUT2D eigenvalue weighted by molar-refractivity contribution is 0.112. The number of rotatable bonds is 3. The van der Waals surface area contributed by atoms with E-state index in [2.05, 4.69) is 40.2 Å². The van der Waals surface area contributed by atoms with E-state index in [1.54, 1.807) is 0 Å². The summed E-state index contributed by atoms with van der Waals surface area (Å²) in [6.45, 7) is 0. The molecular formula is C18H13BrO. The van der Waals surface area contributed by atoms with Gasteiger partial charge in [-0.15, -0.1) is 0 Å². The summed E-state index contributed by atoms with van der Waals surface area (Å²) in [6, 6.07) is 20.3. The average Bonchev–Trinajstić information content (AvgIpc) is 2.51. The zero-order valence-electron chi connectivity index (χ0n) is 10.8. The SMILES string of the molecule is O=Cc1ccccc1Cc1ccc(Br)c2ccccc12. The molecule has 0 fully saturated rings. The molecule has 0 heterocycles. The van der Waals surface area contributed by atoms with Gasteiger partial charge in [-0.2, -0.15) is 0 Å². The van der Waals surface area contributed by atoms with E-state index in [4.69, 9.17) is 0 Å². The molecule has 3 aromatic carbocycles. The molecule has 0 unspecified atom stereocenters. The standard InChI is InChI=1S/C18H13BrO/c19-18-10-9-14(16-7-3-4-8-17(16)18)11-13-5-1-2-6-15(13)12-20/h1-10,12H,11H2. The molecule has 20 heavy (non-hydrogen) atoms.